The molecular weight excluding hydrogens is 283 g/mol. The summed E-state index contributed by atoms with van der Waals surface area (Å²) in [6.07, 6.45) is 4.09. The summed E-state index contributed by atoms with van der Waals surface area (Å²) < 4.78 is 0. The van der Waals surface area contributed by atoms with Crippen LogP contribution in [0.5, 0.6) is 0 Å². The first-order valence-electron chi connectivity index (χ1n) is 6.77. The molecular formula is C14H14Cl2N2O. The van der Waals surface area contributed by atoms with Gasteiger partial charge in [0.2, 0.25) is 0 Å². The number of hydrogen-bond donors (Lipinski definition) is 1. The van der Waals surface area contributed by atoms with Crippen molar-refractivity contribution in [1.29, 1.82) is 0 Å². The summed E-state index contributed by atoms with van der Waals surface area (Å²) in [4.78, 5) is 16.1. The van der Waals surface area contributed by atoms with Crippen LogP contribution in [0.1, 0.15) is 29.6 Å². The van der Waals surface area contributed by atoms with E-state index in [4.69, 9.17) is 23.2 Å². The fraction of sp³-hybridized carbons (Fsp3) is 0.571. The molecule has 3 fully saturated rings. The van der Waals surface area contributed by atoms with Crippen LogP contribution in [0.4, 0.5) is 0 Å². The molecule has 0 aliphatic heterocycles. The van der Waals surface area contributed by atoms with Crippen LogP contribution in [-0.4, -0.2) is 16.9 Å². The number of pyridine rings is 1. The maximum atomic E-state index is 12.2. The maximum Gasteiger partial charge on any atom is 0.251 e. The molecule has 4 rings (SSSR count). The average Bonchev–Trinajstić information content (AvgIpc) is 2.76. The van der Waals surface area contributed by atoms with E-state index in [1.165, 1.54) is 19.3 Å². The Morgan fingerprint density at radius 3 is 2.32 bits per heavy atom. The molecule has 1 N–H and O–H groups in total. The third-order valence-corrected chi connectivity index (χ3v) is 5.45. The van der Waals surface area contributed by atoms with Crippen LogP contribution in [0.2, 0.25) is 10.3 Å². The Kier molecular flexibility index (Phi) is 2.58. The highest BCUT2D eigenvalue weighted by Gasteiger charge is 2.65. The van der Waals surface area contributed by atoms with E-state index in [0.29, 0.717) is 11.6 Å². The molecule has 19 heavy (non-hydrogen) atoms. The van der Waals surface area contributed by atoms with Crippen LogP contribution < -0.4 is 5.32 Å². The van der Waals surface area contributed by atoms with Gasteiger partial charge in [0.05, 0.1) is 0 Å². The number of carbonyl (C=O) groups excluding carboxylic acids is 1. The highest BCUT2D eigenvalue weighted by Crippen LogP contribution is 2.65. The quantitative estimate of drug-likeness (QED) is 0.852. The van der Waals surface area contributed by atoms with E-state index in [2.05, 4.69) is 10.3 Å². The van der Waals surface area contributed by atoms with Crippen LogP contribution in [-0.2, 0) is 0 Å². The van der Waals surface area contributed by atoms with Crippen LogP contribution in [0, 0.1) is 23.7 Å². The number of nitrogens with one attached hydrogen (secondary N) is 1. The van der Waals surface area contributed by atoms with Gasteiger partial charge in [0.1, 0.15) is 10.3 Å². The van der Waals surface area contributed by atoms with Crippen LogP contribution in [0.15, 0.2) is 12.1 Å². The second kappa shape index (κ2) is 4.10. The summed E-state index contributed by atoms with van der Waals surface area (Å²) in [7, 11) is 0. The minimum atomic E-state index is -0.0787. The second-order valence-corrected chi connectivity index (χ2v) is 6.76. The number of aromatic nitrogens is 1. The van der Waals surface area contributed by atoms with Crippen LogP contribution in [0.25, 0.3) is 0 Å². The van der Waals surface area contributed by atoms with Gasteiger partial charge in [-0.1, -0.05) is 23.2 Å². The summed E-state index contributed by atoms with van der Waals surface area (Å²) in [5, 5.41) is 3.66. The lowest BCUT2D eigenvalue weighted by Crippen LogP contribution is -2.30. The van der Waals surface area contributed by atoms with Gasteiger partial charge in [0.15, 0.2) is 0 Å². The smallest absolute Gasteiger partial charge is 0.251 e. The molecule has 0 spiro atoms. The normalized spacial score (nSPS) is 38.1. The molecule has 3 saturated carbocycles. The Morgan fingerprint density at radius 1 is 1.16 bits per heavy atom. The molecule has 5 heteroatoms. The van der Waals surface area contributed by atoms with E-state index < -0.39 is 0 Å². The van der Waals surface area contributed by atoms with Gasteiger partial charge in [-0.15, -0.1) is 0 Å². The van der Waals surface area contributed by atoms with E-state index >= 15 is 0 Å². The van der Waals surface area contributed by atoms with E-state index in [0.717, 1.165) is 23.7 Å². The average molecular weight is 297 g/mol. The second-order valence-electron chi connectivity index (χ2n) is 5.99. The first kappa shape index (κ1) is 12.0. The zero-order chi connectivity index (χ0) is 13.1. The van der Waals surface area contributed by atoms with Crippen molar-refractivity contribution in [3.63, 3.8) is 0 Å². The molecule has 1 amide bonds. The van der Waals surface area contributed by atoms with Crippen molar-refractivity contribution in [2.45, 2.75) is 25.3 Å². The van der Waals surface area contributed by atoms with Gasteiger partial charge in [-0.3, -0.25) is 4.79 Å². The fourth-order valence-electron chi connectivity index (χ4n) is 4.35. The van der Waals surface area contributed by atoms with E-state index in [1.807, 2.05) is 0 Å². The molecule has 3 aliphatic carbocycles. The predicted molar refractivity (Wildman–Crippen MR) is 73.3 cm³/mol. The van der Waals surface area contributed by atoms with Gasteiger partial charge in [-0.05, 0) is 55.1 Å². The van der Waals surface area contributed by atoms with Crippen molar-refractivity contribution in [2.75, 3.05) is 0 Å². The van der Waals surface area contributed by atoms with Crippen molar-refractivity contribution in [3.8, 4) is 0 Å². The Bertz CT molecular complexity index is 526. The minimum absolute atomic E-state index is 0.0787. The summed E-state index contributed by atoms with van der Waals surface area (Å²) >= 11 is 11.6. The van der Waals surface area contributed by atoms with E-state index in [1.54, 1.807) is 12.1 Å². The Labute approximate surface area is 121 Å². The van der Waals surface area contributed by atoms with Crippen molar-refractivity contribution >= 4 is 29.1 Å². The van der Waals surface area contributed by atoms with Crippen LogP contribution >= 0.6 is 23.2 Å². The number of rotatable bonds is 2. The Hall–Kier alpha value is -0.800. The number of halogens is 2. The highest BCUT2D eigenvalue weighted by molar-refractivity contribution is 6.33. The number of amides is 1. The molecule has 2 bridgehead atoms. The van der Waals surface area contributed by atoms with Crippen molar-refractivity contribution < 1.29 is 4.79 Å². The summed E-state index contributed by atoms with van der Waals surface area (Å²) in [5.74, 6) is 3.09. The van der Waals surface area contributed by atoms with Gasteiger partial charge in [0, 0.05) is 11.6 Å². The number of carbonyl (C=O) groups is 1. The molecule has 100 valence electrons. The first-order valence-corrected chi connectivity index (χ1v) is 7.53. The third kappa shape index (κ3) is 1.86. The largest absolute Gasteiger partial charge is 0.349 e. The van der Waals surface area contributed by atoms with Crippen molar-refractivity contribution in [2.24, 2.45) is 23.7 Å². The van der Waals surface area contributed by atoms with Gasteiger partial charge in [0.25, 0.3) is 5.91 Å². The van der Waals surface area contributed by atoms with Gasteiger partial charge >= 0.3 is 0 Å². The van der Waals surface area contributed by atoms with Crippen molar-refractivity contribution in [1.82, 2.24) is 10.3 Å². The summed E-state index contributed by atoms with van der Waals surface area (Å²) in [5.41, 5.74) is 0.502. The molecule has 1 heterocycles. The number of hydrogen-bond acceptors (Lipinski definition) is 2. The molecule has 3 nitrogen and oxygen atoms in total. The fourth-order valence-corrected chi connectivity index (χ4v) is 4.81. The predicted octanol–water partition coefficient (Wildman–Crippen LogP) is 3.16. The highest BCUT2D eigenvalue weighted by atomic mass is 35.5. The van der Waals surface area contributed by atoms with Crippen molar-refractivity contribution in [3.05, 3.63) is 28.0 Å². The first-order chi connectivity index (χ1) is 9.13. The molecule has 1 aromatic heterocycles. The molecule has 0 saturated heterocycles. The molecule has 4 atom stereocenters. The lowest BCUT2D eigenvalue weighted by molar-refractivity contribution is 0.0944. The third-order valence-electron chi connectivity index (χ3n) is 5.06. The van der Waals surface area contributed by atoms with Crippen LogP contribution in [0.3, 0.4) is 0 Å². The lowest BCUT2D eigenvalue weighted by atomic mass is 10.0. The summed E-state index contributed by atoms with van der Waals surface area (Å²) in [6, 6.07) is 3.51. The molecule has 0 radical (unpaired) electrons. The zero-order valence-corrected chi connectivity index (χ0v) is 11.8. The zero-order valence-electron chi connectivity index (χ0n) is 10.3. The van der Waals surface area contributed by atoms with Gasteiger partial charge < -0.3 is 5.32 Å². The SMILES string of the molecule is O=C(NC1C2C3CCC(C3)C12)c1cc(Cl)nc(Cl)c1. The molecule has 0 aromatic carbocycles. The van der Waals surface area contributed by atoms with E-state index in [9.17, 15) is 4.79 Å². The van der Waals surface area contributed by atoms with Gasteiger partial charge in [-0.25, -0.2) is 4.98 Å². The minimum Gasteiger partial charge on any atom is -0.349 e. The Morgan fingerprint density at radius 2 is 1.74 bits per heavy atom. The summed E-state index contributed by atoms with van der Waals surface area (Å²) in [6.45, 7) is 0. The molecule has 4 unspecified atom stereocenters. The monoisotopic (exact) mass is 296 g/mol. The molecule has 1 aromatic rings. The number of nitrogens with zero attached hydrogens (tertiary/aromatic N) is 1. The van der Waals surface area contributed by atoms with E-state index in [-0.39, 0.29) is 16.2 Å². The maximum absolute atomic E-state index is 12.2. The standard InChI is InChI=1S/C14H14Cl2N2O/c15-9-4-8(5-10(16)17-9)14(19)18-13-11-6-1-2-7(3-6)12(11)13/h4-7,11-13H,1-3H2,(H,18,19). The molecule has 3 aliphatic rings. The Balaban J connectivity index is 1.48. The van der Waals surface area contributed by atoms with Gasteiger partial charge in [-0.2, -0.15) is 0 Å². The topological polar surface area (TPSA) is 42.0 Å². The number of fused-ring (bicyclic) bond motifs is 5. The lowest BCUT2D eigenvalue weighted by Gasteiger charge is -2.10.